The summed E-state index contributed by atoms with van der Waals surface area (Å²) < 4.78 is 10.5. The number of nitrogens with one attached hydrogen (secondary N) is 1. The van der Waals surface area contributed by atoms with Gasteiger partial charge in [-0.3, -0.25) is 0 Å². The quantitative estimate of drug-likeness (QED) is 0.893. The zero-order chi connectivity index (χ0) is 13.8. The van der Waals surface area contributed by atoms with Crippen LogP contribution in [0, 0.1) is 0 Å². The van der Waals surface area contributed by atoms with Crippen molar-refractivity contribution in [2.75, 3.05) is 20.8 Å². The molecule has 2 N–H and O–H groups in total. The Hall–Kier alpha value is -0.970. The number of aliphatic hydroxyl groups is 1. The summed E-state index contributed by atoms with van der Waals surface area (Å²) in [6.45, 7) is 0.938. The van der Waals surface area contributed by atoms with Gasteiger partial charge in [0.1, 0.15) is 16.5 Å². The summed E-state index contributed by atoms with van der Waals surface area (Å²) >= 11 is 6.22. The highest BCUT2D eigenvalue weighted by Gasteiger charge is 2.27. The molecule has 0 bridgehead atoms. The molecule has 2 rings (SSSR count). The lowest BCUT2D eigenvalue weighted by Gasteiger charge is -2.29. The summed E-state index contributed by atoms with van der Waals surface area (Å²) in [7, 11) is 3.10. The second kappa shape index (κ2) is 6.46. The third-order valence-corrected chi connectivity index (χ3v) is 3.92. The SMILES string of the molecule is COc1ccc(C(O)C2CCCCN2)c(OC)c1Cl. The number of halogens is 1. The molecule has 0 aliphatic carbocycles. The number of rotatable bonds is 4. The van der Waals surface area contributed by atoms with Crippen molar-refractivity contribution in [2.24, 2.45) is 0 Å². The molecule has 0 spiro atoms. The van der Waals surface area contributed by atoms with Crippen LogP contribution in [0.25, 0.3) is 0 Å². The van der Waals surface area contributed by atoms with Crippen LogP contribution in [-0.4, -0.2) is 31.9 Å². The van der Waals surface area contributed by atoms with E-state index >= 15 is 0 Å². The molecular formula is C14H20ClNO3. The van der Waals surface area contributed by atoms with Gasteiger partial charge in [0.05, 0.1) is 20.3 Å². The molecule has 1 aromatic rings. The normalized spacial score (nSPS) is 20.9. The predicted molar refractivity (Wildman–Crippen MR) is 75.2 cm³/mol. The maximum Gasteiger partial charge on any atom is 0.147 e. The van der Waals surface area contributed by atoms with E-state index in [1.165, 1.54) is 0 Å². The molecule has 0 saturated carbocycles. The standard InChI is InChI=1S/C14H20ClNO3/c1-18-11-7-6-9(14(19-2)12(11)15)13(17)10-5-3-4-8-16-10/h6-7,10,13,16-17H,3-5,8H2,1-2H3. The molecule has 2 atom stereocenters. The van der Waals surface area contributed by atoms with E-state index in [9.17, 15) is 5.11 Å². The molecule has 0 aromatic heterocycles. The van der Waals surface area contributed by atoms with Gasteiger partial charge in [0.15, 0.2) is 0 Å². The fraction of sp³-hybridized carbons (Fsp3) is 0.571. The average Bonchev–Trinajstić information content (AvgIpc) is 2.47. The highest BCUT2D eigenvalue weighted by atomic mass is 35.5. The van der Waals surface area contributed by atoms with E-state index in [-0.39, 0.29) is 6.04 Å². The second-order valence-electron chi connectivity index (χ2n) is 4.71. The molecular weight excluding hydrogens is 266 g/mol. The van der Waals surface area contributed by atoms with Gasteiger partial charge in [-0.15, -0.1) is 0 Å². The lowest BCUT2D eigenvalue weighted by molar-refractivity contribution is 0.111. The molecule has 4 nitrogen and oxygen atoms in total. The van der Waals surface area contributed by atoms with Gasteiger partial charge in [0.25, 0.3) is 0 Å². The zero-order valence-corrected chi connectivity index (χ0v) is 12.0. The van der Waals surface area contributed by atoms with Gasteiger partial charge in [-0.05, 0) is 31.5 Å². The van der Waals surface area contributed by atoms with Crippen molar-refractivity contribution in [1.29, 1.82) is 0 Å². The lowest BCUT2D eigenvalue weighted by Crippen LogP contribution is -2.38. The minimum absolute atomic E-state index is 0.0483. The minimum Gasteiger partial charge on any atom is -0.495 e. The summed E-state index contributed by atoms with van der Waals surface area (Å²) in [6.07, 6.45) is 2.61. The predicted octanol–water partition coefficient (Wildman–Crippen LogP) is 2.53. The fourth-order valence-corrected chi connectivity index (χ4v) is 2.84. The monoisotopic (exact) mass is 285 g/mol. The van der Waals surface area contributed by atoms with Gasteiger partial charge in [-0.25, -0.2) is 0 Å². The highest BCUT2D eigenvalue weighted by molar-refractivity contribution is 6.33. The van der Waals surface area contributed by atoms with Crippen LogP contribution in [0.15, 0.2) is 12.1 Å². The maximum absolute atomic E-state index is 10.5. The van der Waals surface area contributed by atoms with Gasteiger partial charge in [0.2, 0.25) is 0 Å². The summed E-state index contributed by atoms with van der Waals surface area (Å²) in [6, 6.07) is 3.61. The molecule has 1 saturated heterocycles. The van der Waals surface area contributed by atoms with Crippen molar-refractivity contribution in [3.63, 3.8) is 0 Å². The number of piperidine rings is 1. The van der Waals surface area contributed by atoms with Crippen molar-refractivity contribution in [2.45, 2.75) is 31.4 Å². The van der Waals surface area contributed by atoms with E-state index in [0.29, 0.717) is 22.1 Å². The van der Waals surface area contributed by atoms with E-state index in [4.69, 9.17) is 21.1 Å². The molecule has 1 aliphatic heterocycles. The van der Waals surface area contributed by atoms with Crippen molar-refractivity contribution in [3.8, 4) is 11.5 Å². The second-order valence-corrected chi connectivity index (χ2v) is 5.08. The van der Waals surface area contributed by atoms with Crippen molar-refractivity contribution in [3.05, 3.63) is 22.7 Å². The molecule has 1 heterocycles. The fourth-order valence-electron chi connectivity index (χ4n) is 2.52. The largest absolute Gasteiger partial charge is 0.495 e. The topological polar surface area (TPSA) is 50.7 Å². The van der Waals surface area contributed by atoms with Gasteiger partial charge < -0.3 is 19.9 Å². The first-order chi connectivity index (χ1) is 9.19. The Morgan fingerprint density at radius 2 is 2.11 bits per heavy atom. The zero-order valence-electron chi connectivity index (χ0n) is 11.3. The first-order valence-corrected chi connectivity index (χ1v) is 6.88. The van der Waals surface area contributed by atoms with Crippen LogP contribution in [-0.2, 0) is 0 Å². The lowest BCUT2D eigenvalue weighted by atomic mass is 9.94. The van der Waals surface area contributed by atoms with E-state index in [1.807, 2.05) is 6.07 Å². The van der Waals surface area contributed by atoms with Crippen LogP contribution in [0.1, 0.15) is 30.9 Å². The van der Waals surface area contributed by atoms with Gasteiger partial charge in [-0.2, -0.15) is 0 Å². The number of ether oxygens (including phenoxy) is 2. The van der Waals surface area contributed by atoms with E-state index in [0.717, 1.165) is 25.8 Å². The Balaban J connectivity index is 2.30. The summed E-state index contributed by atoms with van der Waals surface area (Å²) in [4.78, 5) is 0. The van der Waals surface area contributed by atoms with Crippen LogP contribution >= 0.6 is 11.6 Å². The third-order valence-electron chi connectivity index (χ3n) is 3.56. The van der Waals surface area contributed by atoms with E-state index < -0.39 is 6.10 Å². The first kappa shape index (κ1) is 14.4. The molecule has 0 amide bonds. The number of aliphatic hydroxyl groups excluding tert-OH is 1. The molecule has 1 fully saturated rings. The number of hydrogen-bond donors (Lipinski definition) is 2. The van der Waals surface area contributed by atoms with Crippen LogP contribution in [0.3, 0.4) is 0 Å². The first-order valence-electron chi connectivity index (χ1n) is 6.51. The highest BCUT2D eigenvalue weighted by Crippen LogP contribution is 2.40. The van der Waals surface area contributed by atoms with Crippen molar-refractivity contribution in [1.82, 2.24) is 5.32 Å². The molecule has 5 heteroatoms. The number of methoxy groups -OCH3 is 2. The van der Waals surface area contributed by atoms with Crippen molar-refractivity contribution >= 4 is 11.6 Å². The molecule has 0 radical (unpaired) electrons. The Bertz CT molecular complexity index is 433. The molecule has 19 heavy (non-hydrogen) atoms. The Morgan fingerprint density at radius 3 is 2.68 bits per heavy atom. The summed E-state index contributed by atoms with van der Waals surface area (Å²) in [5.74, 6) is 1.03. The van der Waals surface area contributed by atoms with Crippen LogP contribution in [0.4, 0.5) is 0 Å². The Morgan fingerprint density at radius 1 is 1.32 bits per heavy atom. The van der Waals surface area contributed by atoms with E-state index in [2.05, 4.69) is 5.32 Å². The van der Waals surface area contributed by atoms with Gasteiger partial charge >= 0.3 is 0 Å². The average molecular weight is 286 g/mol. The van der Waals surface area contributed by atoms with Gasteiger partial charge in [0, 0.05) is 11.6 Å². The van der Waals surface area contributed by atoms with Crippen LogP contribution in [0.5, 0.6) is 11.5 Å². The van der Waals surface area contributed by atoms with Crippen molar-refractivity contribution < 1.29 is 14.6 Å². The molecule has 2 unspecified atom stereocenters. The number of benzene rings is 1. The minimum atomic E-state index is -0.626. The van der Waals surface area contributed by atoms with Crippen LogP contribution < -0.4 is 14.8 Å². The molecule has 1 aromatic carbocycles. The smallest absolute Gasteiger partial charge is 0.147 e. The molecule has 1 aliphatic rings. The molecule has 106 valence electrons. The van der Waals surface area contributed by atoms with Gasteiger partial charge in [-0.1, -0.05) is 18.0 Å². The number of hydrogen-bond acceptors (Lipinski definition) is 4. The summed E-state index contributed by atoms with van der Waals surface area (Å²) in [5.41, 5.74) is 0.702. The maximum atomic E-state index is 10.5. The Kier molecular flexibility index (Phi) is 4.91. The Labute approximate surface area is 118 Å². The van der Waals surface area contributed by atoms with Crippen LogP contribution in [0.2, 0.25) is 5.02 Å². The van der Waals surface area contributed by atoms with E-state index in [1.54, 1.807) is 20.3 Å². The summed E-state index contributed by atoms with van der Waals surface area (Å²) in [5, 5.41) is 14.2. The third kappa shape index (κ3) is 2.96.